The summed E-state index contributed by atoms with van der Waals surface area (Å²) in [6, 6.07) is 10.3. The third kappa shape index (κ3) is 20.0. The van der Waals surface area contributed by atoms with Crippen molar-refractivity contribution in [3.05, 3.63) is 36.7 Å². The van der Waals surface area contributed by atoms with E-state index in [1.165, 1.54) is 89.9 Å². The lowest BCUT2D eigenvalue weighted by Gasteiger charge is -2.36. The summed E-state index contributed by atoms with van der Waals surface area (Å²) in [5.74, 6) is 0.938. The molecule has 0 radical (unpaired) electrons. The minimum Gasteiger partial charge on any atom is -0.494 e. The average molecular weight is 685 g/mol. The molecule has 46 heavy (non-hydrogen) atoms. The van der Waals surface area contributed by atoms with Crippen LogP contribution in [0.4, 0.5) is 0 Å². The Kier molecular flexibility index (Phi) is 19.7. The first-order chi connectivity index (χ1) is 21.9. The number of hydrogen-bond acceptors (Lipinski definition) is 4. The fraction of sp³-hybridized carbons (Fsp3) is 0.744. The van der Waals surface area contributed by atoms with E-state index in [1.807, 2.05) is 12.4 Å². The van der Waals surface area contributed by atoms with Gasteiger partial charge in [-0.05, 0) is 30.5 Å². The van der Waals surface area contributed by atoms with Gasteiger partial charge in [0.15, 0.2) is 0 Å². The van der Waals surface area contributed by atoms with Crippen LogP contribution in [0.5, 0.6) is 11.8 Å². The highest BCUT2D eigenvalue weighted by Gasteiger charge is 2.34. The molecule has 2 rings (SSSR count). The van der Waals surface area contributed by atoms with E-state index in [1.54, 1.807) is 17.4 Å². The molecule has 262 valence electrons. The molecule has 2 aromatic rings. The molecular formula is C39H72N2O2Si3. The zero-order valence-corrected chi connectivity index (χ0v) is 34.5. The van der Waals surface area contributed by atoms with Crippen molar-refractivity contribution < 1.29 is 9.47 Å². The van der Waals surface area contributed by atoms with Crippen molar-refractivity contribution in [2.24, 2.45) is 0 Å². The van der Waals surface area contributed by atoms with E-state index in [0.717, 1.165) is 36.3 Å². The Bertz CT molecular complexity index is 1040. The van der Waals surface area contributed by atoms with Gasteiger partial charge in [-0.25, -0.2) is 9.97 Å². The Hall–Kier alpha value is -1.45. The van der Waals surface area contributed by atoms with Gasteiger partial charge in [0, 0.05) is 42.2 Å². The van der Waals surface area contributed by atoms with E-state index < -0.39 is 24.2 Å². The number of aromatic nitrogens is 2. The molecule has 0 fully saturated rings. The SMILES string of the molecule is CCCCCCCCCOc1ncc(-c2ccc(OCCCCCCCCCCC[Si](C)(C)C[Si](C)(C)C[Si](C)(C)C)cc2)cn1. The summed E-state index contributed by atoms with van der Waals surface area (Å²) in [5, 5.41) is 0. The maximum Gasteiger partial charge on any atom is 0.316 e. The molecule has 0 aliphatic carbocycles. The molecule has 4 nitrogen and oxygen atoms in total. The van der Waals surface area contributed by atoms with Crippen molar-refractivity contribution in [1.29, 1.82) is 0 Å². The summed E-state index contributed by atoms with van der Waals surface area (Å²) < 4.78 is 11.8. The Balaban J connectivity index is 1.48. The first-order valence-electron chi connectivity index (χ1n) is 19.1. The predicted molar refractivity (Wildman–Crippen MR) is 211 cm³/mol. The smallest absolute Gasteiger partial charge is 0.316 e. The van der Waals surface area contributed by atoms with Gasteiger partial charge in [-0.15, -0.1) is 0 Å². The number of ether oxygens (including phenoxy) is 2. The number of benzene rings is 1. The lowest BCUT2D eigenvalue weighted by Crippen LogP contribution is -2.44. The largest absolute Gasteiger partial charge is 0.494 e. The van der Waals surface area contributed by atoms with Crippen molar-refractivity contribution in [2.75, 3.05) is 13.2 Å². The van der Waals surface area contributed by atoms with Gasteiger partial charge in [-0.1, -0.05) is 172 Å². The monoisotopic (exact) mass is 684 g/mol. The highest BCUT2D eigenvalue weighted by atomic mass is 28.4. The first kappa shape index (κ1) is 40.7. The summed E-state index contributed by atoms with van der Waals surface area (Å²) in [6.07, 6.45) is 24.9. The zero-order chi connectivity index (χ0) is 33.7. The van der Waals surface area contributed by atoms with Crippen LogP contribution in [0.25, 0.3) is 11.1 Å². The van der Waals surface area contributed by atoms with E-state index in [2.05, 4.69) is 87.0 Å². The van der Waals surface area contributed by atoms with Crippen molar-refractivity contribution in [3.8, 4) is 22.9 Å². The van der Waals surface area contributed by atoms with Gasteiger partial charge < -0.3 is 9.47 Å². The summed E-state index contributed by atoms with van der Waals surface area (Å²) in [4.78, 5) is 8.82. The molecule has 0 bridgehead atoms. The Morgan fingerprint density at radius 1 is 0.500 bits per heavy atom. The third-order valence-electron chi connectivity index (χ3n) is 9.03. The lowest BCUT2D eigenvalue weighted by atomic mass is 10.1. The summed E-state index contributed by atoms with van der Waals surface area (Å²) in [5.41, 5.74) is 5.34. The number of hydrogen-bond donors (Lipinski definition) is 0. The second-order valence-electron chi connectivity index (χ2n) is 16.8. The molecule has 0 N–H and O–H groups in total. The fourth-order valence-electron chi connectivity index (χ4n) is 7.52. The van der Waals surface area contributed by atoms with Crippen LogP contribution in [-0.4, -0.2) is 47.4 Å². The molecular weight excluding hydrogens is 613 g/mol. The topological polar surface area (TPSA) is 44.2 Å². The van der Waals surface area contributed by atoms with Crippen LogP contribution in [-0.2, 0) is 0 Å². The molecule has 0 atom stereocenters. The number of nitrogens with zero attached hydrogens (tertiary/aromatic N) is 2. The van der Waals surface area contributed by atoms with Crippen molar-refractivity contribution in [2.45, 2.75) is 173 Å². The molecule has 1 aromatic carbocycles. The second kappa shape index (κ2) is 22.2. The third-order valence-corrected chi connectivity index (χ3v) is 26.5. The standard InChI is InChI=1S/C39H72N2O2Si3/c1-9-10-11-12-16-20-23-30-43-39-40-32-37(33-41-39)36-25-27-38(28-26-36)42-29-22-19-17-14-13-15-18-21-24-31-45(5,6)35-46(7,8)34-44(2,3)4/h25-28,32-33H,9-24,29-31,34-35H2,1-8H3. The molecule has 1 heterocycles. The van der Waals surface area contributed by atoms with Crippen molar-refractivity contribution in [1.82, 2.24) is 9.97 Å². The van der Waals surface area contributed by atoms with Crippen LogP contribution >= 0.6 is 0 Å². The van der Waals surface area contributed by atoms with Gasteiger partial charge >= 0.3 is 6.01 Å². The van der Waals surface area contributed by atoms with E-state index in [4.69, 9.17) is 9.47 Å². The summed E-state index contributed by atoms with van der Waals surface area (Å²) in [6.45, 7) is 22.1. The van der Waals surface area contributed by atoms with Gasteiger partial charge in [0.2, 0.25) is 0 Å². The Labute approximate surface area is 288 Å². The van der Waals surface area contributed by atoms with Crippen LogP contribution in [0.1, 0.15) is 110 Å². The number of rotatable bonds is 27. The van der Waals surface area contributed by atoms with Crippen LogP contribution in [0.15, 0.2) is 36.7 Å². The average Bonchev–Trinajstić information content (AvgIpc) is 2.98. The van der Waals surface area contributed by atoms with Crippen LogP contribution in [0.2, 0.25) is 63.2 Å². The summed E-state index contributed by atoms with van der Waals surface area (Å²) >= 11 is 0. The van der Waals surface area contributed by atoms with Crippen LogP contribution in [0.3, 0.4) is 0 Å². The Morgan fingerprint density at radius 3 is 1.50 bits per heavy atom. The minimum atomic E-state index is -1.02. The first-order valence-corrected chi connectivity index (χ1v) is 29.6. The van der Waals surface area contributed by atoms with Crippen LogP contribution < -0.4 is 9.47 Å². The van der Waals surface area contributed by atoms with E-state index in [-0.39, 0.29) is 0 Å². The van der Waals surface area contributed by atoms with Gasteiger partial charge in [-0.3, -0.25) is 0 Å². The molecule has 0 spiro atoms. The maximum atomic E-state index is 6.02. The van der Waals surface area contributed by atoms with Crippen molar-refractivity contribution >= 4 is 24.2 Å². The van der Waals surface area contributed by atoms with Crippen molar-refractivity contribution in [3.63, 3.8) is 0 Å². The molecule has 0 aliphatic heterocycles. The van der Waals surface area contributed by atoms with E-state index in [9.17, 15) is 0 Å². The normalized spacial score (nSPS) is 12.4. The minimum absolute atomic E-state index is 0.472. The van der Waals surface area contributed by atoms with Gasteiger partial charge in [0.1, 0.15) is 5.75 Å². The quantitative estimate of drug-likeness (QED) is 0.0694. The number of unbranched alkanes of at least 4 members (excludes halogenated alkanes) is 14. The highest BCUT2D eigenvalue weighted by molar-refractivity contribution is 7.02. The second-order valence-corrected chi connectivity index (χ2v) is 33.9. The molecule has 0 aliphatic rings. The van der Waals surface area contributed by atoms with Gasteiger partial charge in [-0.2, -0.15) is 0 Å². The molecule has 0 unspecified atom stereocenters. The molecule has 0 saturated carbocycles. The summed E-state index contributed by atoms with van der Waals surface area (Å²) in [7, 11) is -2.96. The maximum absolute atomic E-state index is 6.02. The van der Waals surface area contributed by atoms with Gasteiger partial charge in [0.25, 0.3) is 0 Å². The zero-order valence-electron chi connectivity index (χ0n) is 31.5. The Morgan fingerprint density at radius 2 is 0.978 bits per heavy atom. The van der Waals surface area contributed by atoms with Crippen LogP contribution in [0, 0.1) is 0 Å². The molecule has 0 amide bonds. The lowest BCUT2D eigenvalue weighted by molar-refractivity contribution is 0.281. The fourth-order valence-corrected chi connectivity index (χ4v) is 32.9. The molecule has 1 aromatic heterocycles. The van der Waals surface area contributed by atoms with E-state index >= 15 is 0 Å². The molecule has 0 saturated heterocycles. The molecule has 7 heteroatoms. The predicted octanol–water partition coefficient (Wildman–Crippen LogP) is 13.0. The van der Waals surface area contributed by atoms with Gasteiger partial charge in [0.05, 0.1) is 13.2 Å². The van der Waals surface area contributed by atoms with E-state index in [0.29, 0.717) is 12.6 Å². The highest BCUT2D eigenvalue weighted by Crippen LogP contribution is 2.31.